The second-order valence-corrected chi connectivity index (χ2v) is 9.04. The summed E-state index contributed by atoms with van der Waals surface area (Å²) in [5, 5.41) is 5.81. The van der Waals surface area contributed by atoms with Gasteiger partial charge in [-0.15, -0.1) is 0 Å². The fourth-order valence-corrected chi connectivity index (χ4v) is 4.30. The summed E-state index contributed by atoms with van der Waals surface area (Å²) in [6.07, 6.45) is -0.472. The van der Waals surface area contributed by atoms with E-state index >= 15 is 0 Å². The van der Waals surface area contributed by atoms with Crippen molar-refractivity contribution < 1.29 is 33.3 Å². The van der Waals surface area contributed by atoms with E-state index in [1.54, 1.807) is 36.3 Å². The molecule has 36 heavy (non-hydrogen) atoms. The molecular formula is C26H31N3O7. The summed E-state index contributed by atoms with van der Waals surface area (Å²) in [6.45, 7) is 4.26. The number of nitrogens with one attached hydrogen (secondary N) is 2. The Kier molecular flexibility index (Phi) is 7.52. The molecule has 2 atom stereocenters. The van der Waals surface area contributed by atoms with Crippen molar-refractivity contribution >= 4 is 17.7 Å². The number of hydrogen-bond donors (Lipinski definition) is 2. The van der Waals surface area contributed by atoms with Crippen LogP contribution in [0.2, 0.25) is 0 Å². The SMILES string of the molecule is COc1cc2ccc1CNC(=O)c1ccc(OC)c(c1)OCC(=O)N[C@@H]1CN(C(=O)C(C)C)C[C@H]1O2. The van der Waals surface area contributed by atoms with Crippen molar-refractivity contribution in [2.24, 2.45) is 5.92 Å². The van der Waals surface area contributed by atoms with Crippen LogP contribution < -0.4 is 29.6 Å². The first-order valence-electron chi connectivity index (χ1n) is 11.8. The summed E-state index contributed by atoms with van der Waals surface area (Å²) in [7, 11) is 3.02. The first-order chi connectivity index (χ1) is 17.3. The average Bonchev–Trinajstić information content (AvgIpc) is 3.26. The smallest absolute Gasteiger partial charge is 0.258 e. The van der Waals surface area contributed by atoms with Gasteiger partial charge in [-0.05, 0) is 30.3 Å². The Morgan fingerprint density at radius 2 is 1.83 bits per heavy atom. The second-order valence-electron chi connectivity index (χ2n) is 9.04. The molecule has 10 heteroatoms. The van der Waals surface area contributed by atoms with Crippen LogP contribution in [-0.2, 0) is 16.1 Å². The summed E-state index contributed by atoms with van der Waals surface area (Å²) in [5.74, 6) is 0.843. The van der Waals surface area contributed by atoms with Crippen LogP contribution >= 0.6 is 0 Å². The van der Waals surface area contributed by atoms with Gasteiger partial charge in [0, 0.05) is 36.2 Å². The fraction of sp³-hybridized carbons (Fsp3) is 0.423. The number of carbonyl (C=O) groups excluding carboxylic acids is 3. The minimum absolute atomic E-state index is 0.0102. The molecule has 5 rings (SSSR count). The first kappa shape index (κ1) is 25.2. The summed E-state index contributed by atoms with van der Waals surface area (Å²) >= 11 is 0. The fourth-order valence-electron chi connectivity index (χ4n) is 4.30. The third kappa shape index (κ3) is 5.48. The highest BCUT2D eigenvalue weighted by Crippen LogP contribution is 2.30. The standard InChI is InChI=1S/C26H31N3O7/c1-15(2)26(32)29-12-19-23(13-29)36-18-7-5-17(21(10-18)34-4)11-27-25(31)16-6-8-20(33-3)22(9-16)35-14-24(30)28-19/h5-10,15,19,23H,11-14H2,1-4H3,(H,27,31)(H,28,30)/t19-,23-/m1/s1. The van der Waals surface area contributed by atoms with E-state index in [1.165, 1.54) is 13.2 Å². The minimum Gasteiger partial charge on any atom is -0.496 e. The molecule has 3 amide bonds. The lowest BCUT2D eigenvalue weighted by atomic mass is 10.1. The molecule has 4 bridgehead atoms. The molecule has 10 nitrogen and oxygen atoms in total. The van der Waals surface area contributed by atoms with Crippen LogP contribution in [0.5, 0.6) is 23.0 Å². The van der Waals surface area contributed by atoms with Gasteiger partial charge >= 0.3 is 0 Å². The van der Waals surface area contributed by atoms with Crippen molar-refractivity contribution in [1.82, 2.24) is 15.5 Å². The molecule has 1 saturated heterocycles. The van der Waals surface area contributed by atoms with Gasteiger partial charge < -0.3 is 34.5 Å². The maximum atomic E-state index is 12.8. The van der Waals surface area contributed by atoms with Crippen molar-refractivity contribution in [3.8, 4) is 23.0 Å². The quantitative estimate of drug-likeness (QED) is 0.664. The van der Waals surface area contributed by atoms with E-state index in [1.807, 2.05) is 19.9 Å². The molecular weight excluding hydrogens is 466 g/mol. The Balaban J connectivity index is 1.67. The molecule has 0 saturated carbocycles. The van der Waals surface area contributed by atoms with Crippen LogP contribution in [0, 0.1) is 5.92 Å². The van der Waals surface area contributed by atoms with Crippen LogP contribution in [0.1, 0.15) is 29.8 Å². The van der Waals surface area contributed by atoms with Crippen LogP contribution in [0.3, 0.4) is 0 Å². The molecule has 2 aromatic rings. The van der Waals surface area contributed by atoms with Crippen LogP contribution in [0.15, 0.2) is 36.4 Å². The molecule has 3 aliphatic rings. The molecule has 2 N–H and O–H groups in total. The van der Waals surface area contributed by atoms with E-state index in [0.29, 0.717) is 35.9 Å². The number of methoxy groups -OCH3 is 2. The summed E-state index contributed by atoms with van der Waals surface area (Å²) in [4.78, 5) is 40.0. The van der Waals surface area contributed by atoms with Crippen molar-refractivity contribution in [1.29, 1.82) is 0 Å². The van der Waals surface area contributed by atoms with Crippen molar-refractivity contribution in [2.45, 2.75) is 32.5 Å². The lowest BCUT2D eigenvalue weighted by Gasteiger charge is -2.22. The topological polar surface area (TPSA) is 115 Å². The zero-order chi connectivity index (χ0) is 25.8. The van der Waals surface area contributed by atoms with Crippen molar-refractivity contribution in [3.05, 3.63) is 47.5 Å². The van der Waals surface area contributed by atoms with Gasteiger partial charge in [0.15, 0.2) is 18.1 Å². The number of benzene rings is 2. The largest absolute Gasteiger partial charge is 0.496 e. The van der Waals surface area contributed by atoms with Crippen molar-refractivity contribution in [3.63, 3.8) is 0 Å². The van der Waals surface area contributed by atoms with E-state index < -0.39 is 12.1 Å². The second kappa shape index (κ2) is 10.8. The minimum atomic E-state index is -0.472. The van der Waals surface area contributed by atoms with Crippen LogP contribution in [-0.4, -0.2) is 68.7 Å². The Bertz CT molecular complexity index is 1150. The summed E-state index contributed by atoms with van der Waals surface area (Å²) in [6, 6.07) is 9.65. The number of nitrogens with zero attached hydrogens (tertiary/aromatic N) is 1. The highest BCUT2D eigenvalue weighted by atomic mass is 16.5. The molecule has 192 valence electrons. The van der Waals surface area contributed by atoms with Crippen molar-refractivity contribution in [2.75, 3.05) is 33.9 Å². The molecule has 3 aliphatic heterocycles. The van der Waals surface area contributed by atoms with Gasteiger partial charge in [-0.3, -0.25) is 14.4 Å². The molecule has 1 fully saturated rings. The highest BCUT2D eigenvalue weighted by Gasteiger charge is 2.38. The monoisotopic (exact) mass is 497 g/mol. The molecule has 0 unspecified atom stereocenters. The van der Waals surface area contributed by atoms with Crippen LogP contribution in [0.25, 0.3) is 0 Å². The Labute approximate surface area is 209 Å². The van der Waals surface area contributed by atoms with Gasteiger partial charge in [0.05, 0.1) is 26.8 Å². The van der Waals surface area contributed by atoms with Gasteiger partial charge in [0.2, 0.25) is 5.91 Å². The summed E-state index contributed by atoms with van der Waals surface area (Å²) < 4.78 is 22.8. The van der Waals surface area contributed by atoms with Gasteiger partial charge in [0.25, 0.3) is 11.8 Å². The third-order valence-electron chi connectivity index (χ3n) is 6.19. The van der Waals surface area contributed by atoms with Gasteiger partial charge in [-0.2, -0.15) is 0 Å². The van der Waals surface area contributed by atoms with E-state index in [4.69, 9.17) is 18.9 Å². The zero-order valence-corrected chi connectivity index (χ0v) is 20.8. The Hall–Kier alpha value is -3.95. The predicted octanol–water partition coefficient (Wildman–Crippen LogP) is 1.76. The predicted molar refractivity (Wildman–Crippen MR) is 130 cm³/mol. The lowest BCUT2D eigenvalue weighted by Crippen LogP contribution is -2.47. The van der Waals surface area contributed by atoms with E-state index in [2.05, 4.69) is 10.6 Å². The number of amides is 3. The number of rotatable bonds is 3. The molecule has 0 radical (unpaired) electrons. The zero-order valence-electron chi connectivity index (χ0n) is 20.8. The van der Waals surface area contributed by atoms with E-state index in [9.17, 15) is 14.4 Å². The van der Waals surface area contributed by atoms with E-state index in [0.717, 1.165) is 5.56 Å². The maximum Gasteiger partial charge on any atom is 0.258 e. The molecule has 3 heterocycles. The maximum absolute atomic E-state index is 12.8. The van der Waals surface area contributed by atoms with Gasteiger partial charge in [-0.25, -0.2) is 0 Å². The molecule has 2 aromatic carbocycles. The number of hydrogen-bond acceptors (Lipinski definition) is 7. The summed E-state index contributed by atoms with van der Waals surface area (Å²) in [5.41, 5.74) is 1.12. The molecule has 0 spiro atoms. The normalized spacial score (nSPS) is 20.0. The number of fused-ring (bicyclic) bond motifs is 7. The lowest BCUT2D eigenvalue weighted by molar-refractivity contribution is -0.133. The van der Waals surface area contributed by atoms with Gasteiger partial charge in [-0.1, -0.05) is 13.8 Å². The highest BCUT2D eigenvalue weighted by molar-refractivity contribution is 5.95. The average molecular weight is 498 g/mol. The van der Waals surface area contributed by atoms with Crippen LogP contribution in [0.4, 0.5) is 0 Å². The number of likely N-dealkylation sites (tertiary alicyclic amines) is 1. The number of ether oxygens (including phenoxy) is 4. The Morgan fingerprint density at radius 3 is 2.56 bits per heavy atom. The third-order valence-corrected chi connectivity index (χ3v) is 6.19. The number of carbonyl (C=O) groups is 3. The molecule has 0 aromatic heterocycles. The first-order valence-corrected chi connectivity index (χ1v) is 11.8. The van der Waals surface area contributed by atoms with E-state index in [-0.39, 0.29) is 42.5 Å². The van der Waals surface area contributed by atoms with Gasteiger partial charge in [0.1, 0.15) is 17.6 Å². The molecule has 0 aliphatic carbocycles. The Morgan fingerprint density at radius 1 is 1.06 bits per heavy atom.